The summed E-state index contributed by atoms with van der Waals surface area (Å²) in [5, 5.41) is 7.20. The molecule has 1 N–H and O–H groups in total. The smallest absolute Gasteiger partial charge is 0.272 e. The summed E-state index contributed by atoms with van der Waals surface area (Å²) in [6.07, 6.45) is 0.551. The molecule has 0 bridgehead atoms. The van der Waals surface area contributed by atoms with E-state index in [4.69, 9.17) is 0 Å². The van der Waals surface area contributed by atoms with Crippen LogP contribution in [0.1, 0.15) is 39.8 Å². The Kier molecular flexibility index (Phi) is 4.45. The molecule has 1 aliphatic heterocycles. The summed E-state index contributed by atoms with van der Waals surface area (Å²) in [5.41, 5.74) is 3.31. The minimum absolute atomic E-state index is 0.0970. The fourth-order valence-electron chi connectivity index (χ4n) is 3.01. The topological polar surface area (TPSA) is 81.1 Å². The fourth-order valence-corrected chi connectivity index (χ4v) is 4.70. The Hall–Kier alpha value is -2.15. The van der Waals surface area contributed by atoms with Gasteiger partial charge in [-0.15, -0.1) is 0 Å². The van der Waals surface area contributed by atoms with Crippen molar-refractivity contribution >= 4 is 15.7 Å². The van der Waals surface area contributed by atoms with Crippen LogP contribution in [0.2, 0.25) is 0 Å². The molecule has 0 saturated carbocycles. The molecule has 6 nitrogen and oxygen atoms in total. The van der Waals surface area contributed by atoms with Gasteiger partial charge in [0.25, 0.3) is 5.91 Å². The monoisotopic (exact) mass is 347 g/mol. The summed E-state index contributed by atoms with van der Waals surface area (Å²) in [7, 11) is -2.98. The van der Waals surface area contributed by atoms with Gasteiger partial charge in [0.2, 0.25) is 0 Å². The molecule has 1 aromatic heterocycles. The molecule has 128 valence electrons. The Balaban J connectivity index is 1.70. The van der Waals surface area contributed by atoms with Gasteiger partial charge in [-0.2, -0.15) is 5.10 Å². The highest BCUT2D eigenvalue weighted by molar-refractivity contribution is 7.91. The minimum Gasteiger partial charge on any atom is -0.347 e. The number of hydrogen-bond donors (Lipinski definition) is 1. The van der Waals surface area contributed by atoms with Crippen LogP contribution in [0.5, 0.6) is 0 Å². The van der Waals surface area contributed by atoms with Gasteiger partial charge >= 0.3 is 0 Å². The summed E-state index contributed by atoms with van der Waals surface area (Å²) >= 11 is 0. The molecule has 2 aromatic rings. The van der Waals surface area contributed by atoms with Crippen LogP contribution in [0.15, 0.2) is 30.3 Å². The van der Waals surface area contributed by atoms with Crippen molar-refractivity contribution in [3.63, 3.8) is 0 Å². The normalized spacial score (nSPS) is 19.3. The van der Waals surface area contributed by atoms with E-state index in [0.29, 0.717) is 18.7 Å². The molecule has 1 aromatic carbocycles. The molecule has 0 spiro atoms. The molecule has 1 aliphatic rings. The van der Waals surface area contributed by atoms with E-state index in [1.807, 2.05) is 38.1 Å². The maximum Gasteiger partial charge on any atom is 0.272 e. The van der Waals surface area contributed by atoms with Crippen molar-refractivity contribution in [2.24, 2.45) is 0 Å². The molecule has 24 heavy (non-hydrogen) atoms. The van der Waals surface area contributed by atoms with Crippen molar-refractivity contribution in [3.8, 4) is 0 Å². The summed E-state index contributed by atoms with van der Waals surface area (Å²) in [5.74, 6) is 0.0342. The van der Waals surface area contributed by atoms with Crippen LogP contribution in [0.3, 0.4) is 0 Å². The predicted octanol–water partition coefficient (Wildman–Crippen LogP) is 1.79. The highest BCUT2D eigenvalue weighted by Gasteiger charge is 2.31. The zero-order valence-electron chi connectivity index (χ0n) is 13.8. The van der Waals surface area contributed by atoms with E-state index >= 15 is 0 Å². The van der Waals surface area contributed by atoms with Gasteiger partial charge in [0.15, 0.2) is 9.84 Å². The van der Waals surface area contributed by atoms with Crippen LogP contribution in [0, 0.1) is 13.8 Å². The number of nitrogens with zero attached hydrogens (tertiary/aromatic N) is 2. The molecule has 1 amide bonds. The second-order valence-corrected chi connectivity index (χ2v) is 8.51. The molecule has 3 rings (SSSR count). The molecule has 1 unspecified atom stereocenters. The second-order valence-electron chi connectivity index (χ2n) is 6.28. The Morgan fingerprint density at radius 2 is 2.08 bits per heavy atom. The van der Waals surface area contributed by atoms with Crippen molar-refractivity contribution in [1.82, 2.24) is 15.1 Å². The first-order valence-electron chi connectivity index (χ1n) is 7.95. The first kappa shape index (κ1) is 16.7. The molecule has 7 heteroatoms. The number of carbonyl (C=O) groups is 1. The average Bonchev–Trinajstić information content (AvgIpc) is 3.08. The lowest BCUT2D eigenvalue weighted by Crippen LogP contribution is -2.24. The third-order valence-electron chi connectivity index (χ3n) is 4.41. The predicted molar refractivity (Wildman–Crippen MR) is 91.6 cm³/mol. The number of amides is 1. The maximum absolute atomic E-state index is 12.3. The van der Waals surface area contributed by atoms with Gasteiger partial charge in [0, 0.05) is 12.2 Å². The number of carbonyl (C=O) groups excluding carboxylic acids is 1. The summed E-state index contributed by atoms with van der Waals surface area (Å²) in [6, 6.07) is 9.41. The van der Waals surface area contributed by atoms with Gasteiger partial charge in [0.05, 0.1) is 17.5 Å². The summed E-state index contributed by atoms with van der Waals surface area (Å²) < 4.78 is 24.9. The number of aromatic nitrogens is 2. The third-order valence-corrected chi connectivity index (χ3v) is 6.16. The maximum atomic E-state index is 12.3. The Bertz CT molecular complexity index is 871. The van der Waals surface area contributed by atoms with Gasteiger partial charge in [-0.25, -0.2) is 8.42 Å². The quantitative estimate of drug-likeness (QED) is 0.914. The van der Waals surface area contributed by atoms with Crippen LogP contribution in [0.4, 0.5) is 0 Å². The standard InChI is InChI=1S/C17H21N3O3S/c1-12-5-3-4-6-14(12)10-18-17(21)16-9-13(2)20(19-16)15-7-8-24(22,23)11-15/h3-6,9,15H,7-8,10-11H2,1-2H3,(H,18,21). The van der Waals surface area contributed by atoms with E-state index in [1.165, 1.54) is 0 Å². The van der Waals surface area contributed by atoms with Crippen LogP contribution in [-0.4, -0.2) is 35.6 Å². The molecule has 1 atom stereocenters. The number of sulfone groups is 1. The van der Waals surface area contributed by atoms with E-state index in [-0.39, 0.29) is 23.5 Å². The van der Waals surface area contributed by atoms with E-state index in [2.05, 4.69) is 10.4 Å². The zero-order chi connectivity index (χ0) is 17.3. The van der Waals surface area contributed by atoms with Crippen molar-refractivity contribution in [3.05, 3.63) is 52.8 Å². The molecule has 0 radical (unpaired) electrons. The number of nitrogens with one attached hydrogen (secondary N) is 1. The van der Waals surface area contributed by atoms with E-state index in [0.717, 1.165) is 16.8 Å². The Labute approximate surface area is 141 Å². The summed E-state index contributed by atoms with van der Waals surface area (Å²) in [6.45, 7) is 4.28. The van der Waals surface area contributed by atoms with E-state index in [1.54, 1.807) is 10.7 Å². The van der Waals surface area contributed by atoms with Gasteiger partial charge in [-0.05, 0) is 37.5 Å². The molecular weight excluding hydrogens is 326 g/mol. The number of hydrogen-bond acceptors (Lipinski definition) is 4. The van der Waals surface area contributed by atoms with Crippen LogP contribution >= 0.6 is 0 Å². The van der Waals surface area contributed by atoms with E-state index in [9.17, 15) is 13.2 Å². The van der Waals surface area contributed by atoms with Gasteiger partial charge in [-0.3, -0.25) is 9.48 Å². The van der Waals surface area contributed by atoms with Crippen molar-refractivity contribution in [2.45, 2.75) is 32.9 Å². The van der Waals surface area contributed by atoms with Gasteiger partial charge < -0.3 is 5.32 Å². The zero-order valence-corrected chi connectivity index (χ0v) is 14.6. The highest BCUT2D eigenvalue weighted by Crippen LogP contribution is 2.24. The highest BCUT2D eigenvalue weighted by atomic mass is 32.2. The number of aryl methyl sites for hydroxylation is 2. The second kappa shape index (κ2) is 6.39. The van der Waals surface area contributed by atoms with Gasteiger partial charge in [0.1, 0.15) is 5.69 Å². The molecule has 1 fully saturated rings. The summed E-state index contributed by atoms with van der Waals surface area (Å²) in [4.78, 5) is 12.3. The van der Waals surface area contributed by atoms with Crippen LogP contribution in [-0.2, 0) is 16.4 Å². The first-order chi connectivity index (χ1) is 11.4. The average molecular weight is 347 g/mol. The third kappa shape index (κ3) is 3.51. The van der Waals surface area contributed by atoms with Gasteiger partial charge in [-0.1, -0.05) is 24.3 Å². The molecule has 1 saturated heterocycles. The van der Waals surface area contributed by atoms with E-state index < -0.39 is 9.84 Å². The first-order valence-corrected chi connectivity index (χ1v) is 9.77. The fraction of sp³-hybridized carbons (Fsp3) is 0.412. The lowest BCUT2D eigenvalue weighted by Gasteiger charge is -2.10. The van der Waals surface area contributed by atoms with Crippen LogP contribution in [0.25, 0.3) is 0 Å². The molecule has 2 heterocycles. The Morgan fingerprint density at radius 3 is 2.75 bits per heavy atom. The Morgan fingerprint density at radius 1 is 1.33 bits per heavy atom. The largest absolute Gasteiger partial charge is 0.347 e. The SMILES string of the molecule is Cc1ccccc1CNC(=O)c1cc(C)n(C2CCS(=O)(=O)C2)n1. The molecule has 0 aliphatic carbocycles. The van der Waals surface area contributed by atoms with Crippen LogP contribution < -0.4 is 5.32 Å². The van der Waals surface area contributed by atoms with Crippen molar-refractivity contribution in [2.75, 3.05) is 11.5 Å². The van der Waals surface area contributed by atoms with Crippen molar-refractivity contribution in [1.29, 1.82) is 0 Å². The lowest BCUT2D eigenvalue weighted by molar-refractivity contribution is 0.0945. The number of rotatable bonds is 4. The number of benzene rings is 1. The minimum atomic E-state index is -2.98. The molecular formula is C17H21N3O3S. The lowest BCUT2D eigenvalue weighted by atomic mass is 10.1. The van der Waals surface area contributed by atoms with Crippen molar-refractivity contribution < 1.29 is 13.2 Å².